The van der Waals surface area contributed by atoms with Crippen LogP contribution in [0, 0.1) is 6.92 Å². The number of aromatic amines is 1. The van der Waals surface area contributed by atoms with E-state index in [0.29, 0.717) is 0 Å². The van der Waals surface area contributed by atoms with E-state index >= 15 is 0 Å². The second-order valence-electron chi connectivity index (χ2n) is 3.95. The number of carbonyl (C=O) groups is 1. The number of anilines is 1. The number of fused-ring (bicyclic) bond motifs is 1. The lowest BCUT2D eigenvalue weighted by molar-refractivity contribution is -0.117. The van der Waals surface area contributed by atoms with Crippen molar-refractivity contribution < 1.29 is 4.79 Å². The molecule has 84 valence electrons. The van der Waals surface area contributed by atoms with Crippen molar-refractivity contribution >= 4 is 22.5 Å². The maximum absolute atomic E-state index is 11.6. The zero-order chi connectivity index (χ0) is 11.7. The minimum absolute atomic E-state index is 0.173. The zero-order valence-electron chi connectivity index (χ0n) is 9.37. The number of hydrogen-bond acceptors (Lipinski definition) is 2. The first-order valence-electron chi connectivity index (χ1n) is 5.23. The summed E-state index contributed by atoms with van der Waals surface area (Å²) in [5.74, 6) is -0.173. The van der Waals surface area contributed by atoms with E-state index in [-0.39, 0.29) is 5.91 Å². The van der Waals surface area contributed by atoms with Crippen molar-refractivity contribution in [2.24, 2.45) is 5.73 Å². The second-order valence-corrected chi connectivity index (χ2v) is 3.95. The molecule has 1 amide bonds. The second kappa shape index (κ2) is 3.98. The molecule has 0 aliphatic carbocycles. The number of aryl methyl sites for hydroxylation is 1. The van der Waals surface area contributed by atoms with Crippen LogP contribution >= 0.6 is 0 Å². The molecule has 1 aromatic heterocycles. The van der Waals surface area contributed by atoms with Gasteiger partial charge in [-0.15, -0.1) is 0 Å². The average molecular weight is 217 g/mol. The van der Waals surface area contributed by atoms with Gasteiger partial charge >= 0.3 is 0 Å². The van der Waals surface area contributed by atoms with Gasteiger partial charge in [-0.25, -0.2) is 0 Å². The van der Waals surface area contributed by atoms with Crippen LogP contribution in [-0.4, -0.2) is 16.9 Å². The molecule has 2 rings (SSSR count). The van der Waals surface area contributed by atoms with Gasteiger partial charge in [-0.2, -0.15) is 0 Å². The highest BCUT2D eigenvalue weighted by molar-refractivity contribution is 6.04. The Morgan fingerprint density at radius 2 is 2.12 bits per heavy atom. The van der Waals surface area contributed by atoms with E-state index in [4.69, 9.17) is 5.73 Å². The number of para-hydroxylation sites is 1. The van der Waals surface area contributed by atoms with E-state index in [1.165, 1.54) is 0 Å². The van der Waals surface area contributed by atoms with Gasteiger partial charge in [0.25, 0.3) is 0 Å². The van der Waals surface area contributed by atoms with Crippen LogP contribution in [-0.2, 0) is 4.79 Å². The fourth-order valence-corrected chi connectivity index (χ4v) is 1.67. The summed E-state index contributed by atoms with van der Waals surface area (Å²) < 4.78 is 0. The van der Waals surface area contributed by atoms with E-state index in [2.05, 4.69) is 10.3 Å². The minimum Gasteiger partial charge on any atom is -0.357 e. The molecule has 0 spiro atoms. The molecule has 1 aromatic carbocycles. The normalized spacial score (nSPS) is 12.7. The van der Waals surface area contributed by atoms with E-state index in [1.54, 1.807) is 6.92 Å². The lowest BCUT2D eigenvalue weighted by Gasteiger charge is -2.07. The lowest BCUT2D eigenvalue weighted by atomic mass is 10.2. The standard InChI is InChI=1S/C12H15N3O/c1-7(13)12(16)15-11-8(2)14-10-6-4-3-5-9(10)11/h3-7,14H,13H2,1-2H3,(H,15,16). The molecule has 0 radical (unpaired) electrons. The molecule has 1 atom stereocenters. The third-order valence-electron chi connectivity index (χ3n) is 2.56. The van der Waals surface area contributed by atoms with Crippen LogP contribution < -0.4 is 11.1 Å². The van der Waals surface area contributed by atoms with Gasteiger partial charge in [-0.3, -0.25) is 4.79 Å². The number of aromatic nitrogens is 1. The number of nitrogens with two attached hydrogens (primary N) is 1. The van der Waals surface area contributed by atoms with Gasteiger partial charge in [0.1, 0.15) is 0 Å². The summed E-state index contributed by atoms with van der Waals surface area (Å²) in [6.45, 7) is 3.59. The van der Waals surface area contributed by atoms with E-state index in [0.717, 1.165) is 22.3 Å². The van der Waals surface area contributed by atoms with E-state index < -0.39 is 6.04 Å². The Bertz CT molecular complexity index is 528. The van der Waals surface area contributed by atoms with E-state index in [9.17, 15) is 4.79 Å². The molecule has 0 bridgehead atoms. The smallest absolute Gasteiger partial charge is 0.241 e. The minimum atomic E-state index is -0.506. The third-order valence-corrected chi connectivity index (χ3v) is 2.56. The number of benzene rings is 1. The molecule has 16 heavy (non-hydrogen) atoms. The molecule has 0 saturated heterocycles. The summed E-state index contributed by atoms with van der Waals surface area (Å²) >= 11 is 0. The Balaban J connectivity index is 2.44. The first-order valence-corrected chi connectivity index (χ1v) is 5.23. The predicted octanol–water partition coefficient (Wildman–Crippen LogP) is 1.76. The Morgan fingerprint density at radius 3 is 2.81 bits per heavy atom. The maximum atomic E-state index is 11.6. The van der Waals surface area contributed by atoms with Gasteiger partial charge in [-0.05, 0) is 19.9 Å². The largest absolute Gasteiger partial charge is 0.357 e. The summed E-state index contributed by atoms with van der Waals surface area (Å²) in [6, 6.07) is 7.33. The van der Waals surface area contributed by atoms with Gasteiger partial charge < -0.3 is 16.0 Å². The van der Waals surface area contributed by atoms with Crippen molar-refractivity contribution in [2.45, 2.75) is 19.9 Å². The highest BCUT2D eigenvalue weighted by Crippen LogP contribution is 2.26. The Hall–Kier alpha value is -1.81. The monoisotopic (exact) mass is 217 g/mol. The van der Waals surface area contributed by atoms with Crippen LogP contribution in [0.2, 0.25) is 0 Å². The summed E-state index contributed by atoms with van der Waals surface area (Å²) in [5, 5.41) is 3.85. The summed E-state index contributed by atoms with van der Waals surface area (Å²) in [4.78, 5) is 14.8. The van der Waals surface area contributed by atoms with Crippen LogP contribution in [0.5, 0.6) is 0 Å². The summed E-state index contributed by atoms with van der Waals surface area (Å²) in [7, 11) is 0. The molecule has 0 fully saturated rings. The number of carbonyl (C=O) groups excluding carboxylic acids is 1. The molecular weight excluding hydrogens is 202 g/mol. The van der Waals surface area contributed by atoms with Crippen molar-refractivity contribution in [3.05, 3.63) is 30.0 Å². The van der Waals surface area contributed by atoms with Gasteiger partial charge in [-0.1, -0.05) is 18.2 Å². The average Bonchev–Trinajstić information content (AvgIpc) is 2.55. The van der Waals surface area contributed by atoms with Gasteiger partial charge in [0.05, 0.1) is 11.7 Å². The van der Waals surface area contributed by atoms with E-state index in [1.807, 2.05) is 31.2 Å². The summed E-state index contributed by atoms with van der Waals surface area (Å²) in [5.41, 5.74) is 8.30. The van der Waals surface area contributed by atoms with Crippen LogP contribution in [0.25, 0.3) is 10.9 Å². The molecule has 1 heterocycles. The molecule has 4 nitrogen and oxygen atoms in total. The lowest BCUT2D eigenvalue weighted by Crippen LogP contribution is -2.32. The molecule has 0 aliphatic rings. The Labute approximate surface area is 93.8 Å². The van der Waals surface area contributed by atoms with Crippen molar-refractivity contribution in [3.63, 3.8) is 0 Å². The van der Waals surface area contributed by atoms with Crippen LogP contribution in [0.15, 0.2) is 24.3 Å². The molecule has 1 unspecified atom stereocenters. The highest BCUT2D eigenvalue weighted by atomic mass is 16.2. The number of hydrogen-bond donors (Lipinski definition) is 3. The number of nitrogens with one attached hydrogen (secondary N) is 2. The number of rotatable bonds is 2. The number of amides is 1. The molecule has 4 heteroatoms. The Morgan fingerprint density at radius 1 is 1.44 bits per heavy atom. The summed E-state index contributed by atoms with van der Waals surface area (Å²) in [6.07, 6.45) is 0. The molecule has 0 saturated carbocycles. The number of H-pyrrole nitrogens is 1. The maximum Gasteiger partial charge on any atom is 0.241 e. The van der Waals surface area contributed by atoms with Crippen LogP contribution in [0.1, 0.15) is 12.6 Å². The first kappa shape index (κ1) is 10.7. The van der Waals surface area contributed by atoms with Crippen LogP contribution in [0.4, 0.5) is 5.69 Å². The van der Waals surface area contributed by atoms with Crippen molar-refractivity contribution in [1.82, 2.24) is 4.98 Å². The SMILES string of the molecule is Cc1[nH]c2ccccc2c1NC(=O)C(C)N. The topological polar surface area (TPSA) is 70.9 Å². The fourth-order valence-electron chi connectivity index (χ4n) is 1.67. The van der Waals surface area contributed by atoms with Gasteiger partial charge in [0, 0.05) is 16.6 Å². The quantitative estimate of drug-likeness (QED) is 0.717. The van der Waals surface area contributed by atoms with Crippen molar-refractivity contribution in [1.29, 1.82) is 0 Å². The molecule has 0 aliphatic heterocycles. The fraction of sp³-hybridized carbons (Fsp3) is 0.250. The molecule has 4 N–H and O–H groups in total. The predicted molar refractivity (Wildman–Crippen MR) is 65.3 cm³/mol. The highest BCUT2D eigenvalue weighted by Gasteiger charge is 2.13. The Kier molecular flexibility index (Phi) is 2.66. The van der Waals surface area contributed by atoms with Crippen molar-refractivity contribution in [2.75, 3.05) is 5.32 Å². The van der Waals surface area contributed by atoms with Gasteiger partial charge in [0.2, 0.25) is 5.91 Å². The third kappa shape index (κ3) is 1.79. The van der Waals surface area contributed by atoms with Gasteiger partial charge in [0.15, 0.2) is 0 Å². The first-order chi connectivity index (χ1) is 7.59. The van der Waals surface area contributed by atoms with Crippen LogP contribution in [0.3, 0.4) is 0 Å². The van der Waals surface area contributed by atoms with Crippen molar-refractivity contribution in [3.8, 4) is 0 Å². The zero-order valence-corrected chi connectivity index (χ0v) is 9.37. The molecule has 2 aromatic rings. The molecular formula is C12H15N3O.